The lowest BCUT2D eigenvalue weighted by Crippen LogP contribution is -2.25. The number of unbranched alkanes of at least 4 members (excludes halogenated alkanes) is 1. The van der Waals surface area contributed by atoms with Crippen LogP contribution in [0.2, 0.25) is 0 Å². The summed E-state index contributed by atoms with van der Waals surface area (Å²) >= 11 is 1.83. The number of nitrogens with one attached hydrogen (secondary N) is 2. The molecule has 17 heavy (non-hydrogen) atoms. The Morgan fingerprint density at radius 3 is 2.82 bits per heavy atom. The average Bonchev–Trinajstić information content (AvgIpc) is 2.38. The van der Waals surface area contributed by atoms with E-state index in [2.05, 4.69) is 21.9 Å². The van der Waals surface area contributed by atoms with E-state index in [0.29, 0.717) is 5.69 Å². The molecule has 1 aromatic heterocycles. The fourth-order valence-corrected chi connectivity index (χ4v) is 1.83. The zero-order chi connectivity index (χ0) is 12.5. The van der Waals surface area contributed by atoms with E-state index >= 15 is 0 Å². The second-order valence-corrected chi connectivity index (χ2v) is 4.62. The number of hydrogen-bond acceptors (Lipinski definition) is 4. The van der Waals surface area contributed by atoms with E-state index in [4.69, 9.17) is 0 Å². The smallest absolute Gasteiger partial charge is 0.269 e. The third kappa shape index (κ3) is 5.08. The van der Waals surface area contributed by atoms with E-state index in [1.54, 1.807) is 12.3 Å². The molecular formula is C12H19N3OS. The van der Waals surface area contributed by atoms with Gasteiger partial charge in [0.1, 0.15) is 5.69 Å². The highest BCUT2D eigenvalue weighted by atomic mass is 32.2. The number of amides is 1. The van der Waals surface area contributed by atoms with Crippen LogP contribution >= 0.6 is 11.8 Å². The highest BCUT2D eigenvalue weighted by Gasteiger charge is 2.05. The van der Waals surface area contributed by atoms with Crippen molar-refractivity contribution in [2.24, 2.45) is 0 Å². The summed E-state index contributed by atoms with van der Waals surface area (Å²) in [5, 5.41) is 5.83. The monoisotopic (exact) mass is 253 g/mol. The van der Waals surface area contributed by atoms with Gasteiger partial charge in [0.05, 0.1) is 11.9 Å². The van der Waals surface area contributed by atoms with Crippen molar-refractivity contribution in [3.8, 4) is 0 Å². The molecule has 1 rings (SSSR count). The van der Waals surface area contributed by atoms with Crippen molar-refractivity contribution in [2.75, 3.05) is 30.9 Å². The Bertz CT molecular complexity index is 340. The molecule has 0 fully saturated rings. The first-order valence-electron chi connectivity index (χ1n) is 5.69. The molecule has 1 amide bonds. The molecule has 94 valence electrons. The summed E-state index contributed by atoms with van der Waals surface area (Å²) in [5.74, 6) is 1.04. The number of rotatable bonds is 7. The molecule has 0 saturated carbocycles. The predicted octanol–water partition coefficient (Wildman–Crippen LogP) is 2.00. The molecule has 0 unspecified atom stereocenters. The highest BCUT2D eigenvalue weighted by molar-refractivity contribution is 7.98. The molecule has 1 heterocycles. The fraction of sp³-hybridized carbons (Fsp3) is 0.500. The van der Waals surface area contributed by atoms with Gasteiger partial charge in [-0.25, -0.2) is 4.98 Å². The minimum atomic E-state index is -0.100. The maximum absolute atomic E-state index is 11.7. The molecule has 0 spiro atoms. The molecule has 0 bridgehead atoms. The standard InChI is InChI=1S/C12H19N3OS/c1-13-10-5-6-11(15-9-10)12(16)14-7-3-4-8-17-2/h5-6,9,13H,3-4,7-8H2,1-2H3,(H,14,16). The zero-order valence-corrected chi connectivity index (χ0v) is 11.1. The fourth-order valence-electron chi connectivity index (χ4n) is 1.34. The van der Waals surface area contributed by atoms with E-state index in [1.807, 2.05) is 24.9 Å². The molecule has 1 aromatic rings. The van der Waals surface area contributed by atoms with Crippen LogP contribution in [-0.2, 0) is 0 Å². The van der Waals surface area contributed by atoms with Gasteiger partial charge in [-0.15, -0.1) is 0 Å². The zero-order valence-electron chi connectivity index (χ0n) is 10.3. The van der Waals surface area contributed by atoms with Crippen molar-refractivity contribution in [1.82, 2.24) is 10.3 Å². The quantitative estimate of drug-likeness (QED) is 0.730. The van der Waals surface area contributed by atoms with Crippen LogP contribution < -0.4 is 10.6 Å². The minimum absolute atomic E-state index is 0.100. The van der Waals surface area contributed by atoms with Crippen molar-refractivity contribution in [3.63, 3.8) is 0 Å². The first-order valence-corrected chi connectivity index (χ1v) is 7.08. The van der Waals surface area contributed by atoms with Gasteiger partial charge in [0.25, 0.3) is 5.91 Å². The van der Waals surface area contributed by atoms with E-state index < -0.39 is 0 Å². The van der Waals surface area contributed by atoms with Crippen LogP contribution in [0.25, 0.3) is 0 Å². The second-order valence-electron chi connectivity index (χ2n) is 3.64. The number of anilines is 1. The van der Waals surface area contributed by atoms with Crippen LogP contribution in [0, 0.1) is 0 Å². The number of carbonyl (C=O) groups is 1. The normalized spacial score (nSPS) is 10.0. The predicted molar refractivity (Wildman–Crippen MR) is 73.7 cm³/mol. The van der Waals surface area contributed by atoms with E-state index in [9.17, 15) is 4.79 Å². The molecule has 0 aliphatic heterocycles. The van der Waals surface area contributed by atoms with Crippen LogP contribution in [0.5, 0.6) is 0 Å². The Hall–Kier alpha value is -1.23. The van der Waals surface area contributed by atoms with Gasteiger partial charge in [-0.05, 0) is 37.0 Å². The Balaban J connectivity index is 2.31. The minimum Gasteiger partial charge on any atom is -0.387 e. The van der Waals surface area contributed by atoms with Gasteiger partial charge in [0, 0.05) is 13.6 Å². The molecule has 4 nitrogen and oxygen atoms in total. The van der Waals surface area contributed by atoms with Crippen LogP contribution in [0.3, 0.4) is 0 Å². The summed E-state index contributed by atoms with van der Waals surface area (Å²) < 4.78 is 0. The molecule has 0 atom stereocenters. The summed E-state index contributed by atoms with van der Waals surface area (Å²) in [7, 11) is 1.82. The van der Waals surface area contributed by atoms with E-state index in [1.165, 1.54) is 0 Å². The molecule has 2 N–H and O–H groups in total. The maximum atomic E-state index is 11.7. The van der Waals surface area contributed by atoms with Crippen molar-refractivity contribution < 1.29 is 4.79 Å². The molecule has 5 heteroatoms. The van der Waals surface area contributed by atoms with E-state index in [-0.39, 0.29) is 5.91 Å². The lowest BCUT2D eigenvalue weighted by atomic mass is 10.3. The third-order valence-corrected chi connectivity index (χ3v) is 3.04. The second kappa shape index (κ2) is 7.95. The highest BCUT2D eigenvalue weighted by Crippen LogP contribution is 2.04. The van der Waals surface area contributed by atoms with Gasteiger partial charge >= 0.3 is 0 Å². The number of aromatic nitrogens is 1. The van der Waals surface area contributed by atoms with Gasteiger partial charge in [-0.3, -0.25) is 4.79 Å². The Morgan fingerprint density at radius 1 is 1.41 bits per heavy atom. The van der Waals surface area contributed by atoms with Gasteiger partial charge in [0.15, 0.2) is 0 Å². The molecule has 0 aliphatic carbocycles. The summed E-state index contributed by atoms with van der Waals surface area (Å²) in [4.78, 5) is 15.8. The van der Waals surface area contributed by atoms with Crippen LogP contribution in [0.15, 0.2) is 18.3 Å². The van der Waals surface area contributed by atoms with Crippen LogP contribution in [-0.4, -0.2) is 36.5 Å². The molecular weight excluding hydrogens is 234 g/mol. The Morgan fingerprint density at radius 2 is 2.24 bits per heavy atom. The number of nitrogens with zero attached hydrogens (tertiary/aromatic N) is 1. The maximum Gasteiger partial charge on any atom is 0.269 e. The number of thioether (sulfide) groups is 1. The van der Waals surface area contributed by atoms with Crippen LogP contribution in [0.4, 0.5) is 5.69 Å². The lowest BCUT2D eigenvalue weighted by molar-refractivity contribution is 0.0948. The Kier molecular flexibility index (Phi) is 6.47. The van der Waals surface area contributed by atoms with Crippen LogP contribution in [0.1, 0.15) is 23.3 Å². The number of hydrogen-bond donors (Lipinski definition) is 2. The van der Waals surface area contributed by atoms with Gasteiger partial charge in [-0.2, -0.15) is 11.8 Å². The van der Waals surface area contributed by atoms with E-state index in [0.717, 1.165) is 30.8 Å². The SMILES string of the molecule is CNc1ccc(C(=O)NCCCCSC)nc1. The Labute approximate surface area is 107 Å². The molecule has 0 aromatic carbocycles. The molecule has 0 saturated heterocycles. The topological polar surface area (TPSA) is 54.0 Å². The molecule has 0 aliphatic rings. The van der Waals surface area contributed by atoms with Crippen molar-refractivity contribution in [2.45, 2.75) is 12.8 Å². The van der Waals surface area contributed by atoms with Gasteiger partial charge in [-0.1, -0.05) is 0 Å². The molecule has 0 radical (unpaired) electrons. The lowest BCUT2D eigenvalue weighted by Gasteiger charge is -2.05. The van der Waals surface area contributed by atoms with Crippen molar-refractivity contribution in [3.05, 3.63) is 24.0 Å². The number of pyridine rings is 1. The van der Waals surface area contributed by atoms with Gasteiger partial charge < -0.3 is 10.6 Å². The summed E-state index contributed by atoms with van der Waals surface area (Å²) in [6, 6.07) is 3.57. The first-order chi connectivity index (χ1) is 8.27. The summed E-state index contributed by atoms with van der Waals surface area (Å²) in [6.07, 6.45) is 5.89. The van der Waals surface area contributed by atoms with Gasteiger partial charge in [0.2, 0.25) is 0 Å². The number of carbonyl (C=O) groups excluding carboxylic acids is 1. The first kappa shape index (κ1) is 13.8. The summed E-state index contributed by atoms with van der Waals surface area (Å²) in [5.41, 5.74) is 1.37. The largest absolute Gasteiger partial charge is 0.387 e. The van der Waals surface area contributed by atoms with Crippen molar-refractivity contribution in [1.29, 1.82) is 0 Å². The average molecular weight is 253 g/mol. The van der Waals surface area contributed by atoms with Crippen molar-refractivity contribution >= 4 is 23.4 Å². The third-order valence-electron chi connectivity index (χ3n) is 2.35. The summed E-state index contributed by atoms with van der Waals surface area (Å²) in [6.45, 7) is 0.717.